The molecule has 3 rings (SSSR count). The molecule has 2 N–H and O–H groups in total. The van der Waals surface area contributed by atoms with Gasteiger partial charge in [0.1, 0.15) is 5.82 Å². The van der Waals surface area contributed by atoms with Crippen LogP contribution in [0, 0.1) is 0 Å². The Morgan fingerprint density at radius 3 is 2.62 bits per heavy atom. The van der Waals surface area contributed by atoms with E-state index in [9.17, 15) is 4.79 Å². The second-order valence-electron chi connectivity index (χ2n) is 6.30. The van der Waals surface area contributed by atoms with Crippen LogP contribution in [-0.2, 0) is 11.2 Å². The van der Waals surface area contributed by atoms with Crippen molar-refractivity contribution in [1.29, 1.82) is 0 Å². The summed E-state index contributed by atoms with van der Waals surface area (Å²) >= 11 is 0. The van der Waals surface area contributed by atoms with Crippen molar-refractivity contribution >= 4 is 11.7 Å². The van der Waals surface area contributed by atoms with E-state index in [1.807, 2.05) is 30.3 Å². The normalized spacial score (nSPS) is 14.8. The summed E-state index contributed by atoms with van der Waals surface area (Å²) in [6.07, 6.45) is 2.56. The van der Waals surface area contributed by atoms with Gasteiger partial charge < -0.3 is 15.4 Å². The maximum atomic E-state index is 12.2. The first-order valence-corrected chi connectivity index (χ1v) is 9.13. The second kappa shape index (κ2) is 9.89. The summed E-state index contributed by atoms with van der Waals surface area (Å²) in [4.78, 5) is 18.8. The number of amides is 1. The van der Waals surface area contributed by atoms with Crippen LogP contribution in [0.15, 0.2) is 48.7 Å². The summed E-state index contributed by atoms with van der Waals surface area (Å²) in [5.41, 5.74) is 1.87. The maximum absolute atomic E-state index is 12.2. The van der Waals surface area contributed by atoms with Crippen LogP contribution in [0.3, 0.4) is 0 Å². The first-order chi connectivity index (χ1) is 12.8. The number of nitrogens with one attached hydrogen (secondary N) is 2. The van der Waals surface area contributed by atoms with Crippen LogP contribution in [0.5, 0.6) is 0 Å². The molecule has 0 bridgehead atoms. The predicted molar refractivity (Wildman–Crippen MR) is 102 cm³/mol. The molecule has 0 saturated carbocycles. The van der Waals surface area contributed by atoms with Crippen LogP contribution < -0.4 is 10.6 Å². The molecule has 0 atom stereocenters. The number of aromatic nitrogens is 1. The number of morpholine rings is 1. The largest absolute Gasteiger partial charge is 0.379 e. The zero-order valence-electron chi connectivity index (χ0n) is 15.0. The van der Waals surface area contributed by atoms with Gasteiger partial charge in [-0.1, -0.05) is 30.3 Å². The lowest BCUT2D eigenvalue weighted by molar-refractivity contribution is 0.0383. The molecular weight excluding hydrogens is 328 g/mol. The number of hydrogen-bond acceptors (Lipinski definition) is 5. The maximum Gasteiger partial charge on any atom is 0.252 e. The Labute approximate surface area is 154 Å². The Morgan fingerprint density at radius 1 is 1.08 bits per heavy atom. The molecule has 1 fully saturated rings. The Hall–Kier alpha value is -2.44. The monoisotopic (exact) mass is 354 g/mol. The smallest absolute Gasteiger partial charge is 0.252 e. The fraction of sp³-hybridized carbons (Fsp3) is 0.400. The third-order valence-corrected chi connectivity index (χ3v) is 4.41. The molecule has 1 amide bonds. The number of pyridine rings is 1. The van der Waals surface area contributed by atoms with Crippen LogP contribution in [0.25, 0.3) is 0 Å². The third-order valence-electron chi connectivity index (χ3n) is 4.41. The number of rotatable bonds is 8. The minimum atomic E-state index is -0.0819. The van der Waals surface area contributed by atoms with Crippen molar-refractivity contribution in [3.8, 4) is 0 Å². The van der Waals surface area contributed by atoms with Gasteiger partial charge in [-0.05, 0) is 24.1 Å². The lowest BCUT2D eigenvalue weighted by Crippen LogP contribution is -2.41. The van der Waals surface area contributed by atoms with Gasteiger partial charge in [0.15, 0.2) is 0 Å². The molecule has 6 heteroatoms. The third kappa shape index (κ3) is 5.82. The number of anilines is 1. The Morgan fingerprint density at radius 2 is 1.88 bits per heavy atom. The fourth-order valence-electron chi connectivity index (χ4n) is 2.87. The highest BCUT2D eigenvalue weighted by molar-refractivity contribution is 5.94. The topological polar surface area (TPSA) is 66.5 Å². The summed E-state index contributed by atoms with van der Waals surface area (Å²) < 4.78 is 5.32. The van der Waals surface area contributed by atoms with Crippen LogP contribution in [0.2, 0.25) is 0 Å². The van der Waals surface area contributed by atoms with E-state index >= 15 is 0 Å². The van der Waals surface area contributed by atoms with Gasteiger partial charge in [-0.25, -0.2) is 4.98 Å². The molecular formula is C20H26N4O2. The SMILES string of the molecule is O=C(NCCN1CCOCC1)c1ccc(NCCc2ccccc2)nc1. The number of carbonyl (C=O) groups is 1. The van der Waals surface area contributed by atoms with Crippen LogP contribution in [-0.4, -0.2) is 61.7 Å². The van der Waals surface area contributed by atoms with Crippen molar-refractivity contribution < 1.29 is 9.53 Å². The summed E-state index contributed by atoms with van der Waals surface area (Å²) in [7, 11) is 0. The molecule has 26 heavy (non-hydrogen) atoms. The first kappa shape index (κ1) is 18.4. The average molecular weight is 354 g/mol. The van der Waals surface area contributed by atoms with E-state index in [4.69, 9.17) is 4.74 Å². The van der Waals surface area contributed by atoms with E-state index in [0.717, 1.165) is 51.6 Å². The molecule has 0 aliphatic carbocycles. The number of benzene rings is 1. The Bertz CT molecular complexity index is 670. The molecule has 2 aromatic rings. The average Bonchev–Trinajstić information content (AvgIpc) is 2.70. The number of nitrogens with zero attached hydrogens (tertiary/aromatic N) is 2. The van der Waals surface area contributed by atoms with E-state index in [1.165, 1.54) is 5.56 Å². The van der Waals surface area contributed by atoms with Gasteiger partial charge in [-0.3, -0.25) is 9.69 Å². The highest BCUT2D eigenvalue weighted by atomic mass is 16.5. The first-order valence-electron chi connectivity index (χ1n) is 9.13. The zero-order chi connectivity index (χ0) is 18.0. The lowest BCUT2D eigenvalue weighted by atomic mass is 10.1. The number of carbonyl (C=O) groups excluding carboxylic acids is 1. The van der Waals surface area contributed by atoms with E-state index in [1.54, 1.807) is 6.20 Å². The van der Waals surface area contributed by atoms with Crippen molar-refractivity contribution in [2.45, 2.75) is 6.42 Å². The molecule has 1 aliphatic heterocycles. The minimum Gasteiger partial charge on any atom is -0.379 e. The highest BCUT2D eigenvalue weighted by Crippen LogP contribution is 2.06. The molecule has 1 saturated heterocycles. The molecule has 1 aromatic heterocycles. The zero-order valence-corrected chi connectivity index (χ0v) is 15.0. The van der Waals surface area contributed by atoms with Gasteiger partial charge >= 0.3 is 0 Å². The standard InChI is InChI=1S/C20H26N4O2/c25-20(22-10-11-24-12-14-26-15-13-24)18-6-7-19(23-16-18)21-9-8-17-4-2-1-3-5-17/h1-7,16H,8-15H2,(H,21,23)(H,22,25). The Balaban J connectivity index is 1.38. The van der Waals surface area contributed by atoms with Crippen molar-refractivity contribution in [3.05, 3.63) is 59.8 Å². The van der Waals surface area contributed by atoms with Crippen molar-refractivity contribution in [2.24, 2.45) is 0 Å². The van der Waals surface area contributed by atoms with E-state index in [2.05, 4.69) is 32.7 Å². The summed E-state index contributed by atoms with van der Waals surface area (Å²) in [6.45, 7) is 5.70. The lowest BCUT2D eigenvalue weighted by Gasteiger charge is -2.26. The van der Waals surface area contributed by atoms with E-state index in [0.29, 0.717) is 12.1 Å². The fourth-order valence-corrected chi connectivity index (χ4v) is 2.87. The van der Waals surface area contributed by atoms with Crippen molar-refractivity contribution in [1.82, 2.24) is 15.2 Å². The number of hydrogen-bond donors (Lipinski definition) is 2. The molecule has 6 nitrogen and oxygen atoms in total. The quantitative estimate of drug-likeness (QED) is 0.757. The molecule has 1 aromatic carbocycles. The summed E-state index contributed by atoms with van der Waals surface area (Å²) in [6, 6.07) is 14.0. The predicted octanol–water partition coefficient (Wildman–Crippen LogP) is 1.80. The second-order valence-corrected chi connectivity index (χ2v) is 6.30. The molecule has 0 spiro atoms. The van der Waals surface area contributed by atoms with E-state index < -0.39 is 0 Å². The molecule has 0 unspecified atom stereocenters. The van der Waals surface area contributed by atoms with Crippen LogP contribution in [0.1, 0.15) is 15.9 Å². The van der Waals surface area contributed by atoms with Gasteiger partial charge in [0.2, 0.25) is 0 Å². The molecule has 0 radical (unpaired) electrons. The molecule has 1 aliphatic rings. The summed E-state index contributed by atoms with van der Waals surface area (Å²) in [5, 5.41) is 6.23. The van der Waals surface area contributed by atoms with Gasteiger partial charge in [0.25, 0.3) is 5.91 Å². The van der Waals surface area contributed by atoms with E-state index in [-0.39, 0.29) is 5.91 Å². The van der Waals surface area contributed by atoms with Gasteiger partial charge in [0, 0.05) is 38.9 Å². The van der Waals surface area contributed by atoms with Crippen molar-refractivity contribution in [2.75, 3.05) is 51.3 Å². The summed E-state index contributed by atoms with van der Waals surface area (Å²) in [5.74, 6) is 0.701. The van der Waals surface area contributed by atoms with Gasteiger partial charge in [-0.2, -0.15) is 0 Å². The molecule has 138 valence electrons. The number of ether oxygens (including phenoxy) is 1. The van der Waals surface area contributed by atoms with Gasteiger partial charge in [-0.15, -0.1) is 0 Å². The molecule has 2 heterocycles. The van der Waals surface area contributed by atoms with Gasteiger partial charge in [0.05, 0.1) is 18.8 Å². The minimum absolute atomic E-state index is 0.0819. The van der Waals surface area contributed by atoms with Crippen molar-refractivity contribution in [3.63, 3.8) is 0 Å². The van der Waals surface area contributed by atoms with Crippen LogP contribution in [0.4, 0.5) is 5.82 Å². The highest BCUT2D eigenvalue weighted by Gasteiger charge is 2.11. The Kier molecular flexibility index (Phi) is 6.98. The van der Waals surface area contributed by atoms with Crippen LogP contribution >= 0.6 is 0 Å².